The van der Waals surface area contributed by atoms with Gasteiger partial charge < -0.3 is 10.2 Å². The molecule has 0 saturated carbocycles. The molecule has 1 aliphatic heterocycles. The number of piperazine rings is 1. The molecule has 0 unspecified atom stereocenters. The molecule has 2 heterocycles. The van der Waals surface area contributed by atoms with E-state index in [0.29, 0.717) is 0 Å². The number of nitrogens with zero attached hydrogens (tertiary/aromatic N) is 2. The van der Waals surface area contributed by atoms with E-state index in [1.807, 2.05) is 0 Å². The molecule has 0 radical (unpaired) electrons. The molecule has 5 heteroatoms. The highest BCUT2D eigenvalue weighted by atomic mass is 16.1. The highest BCUT2D eigenvalue weighted by Gasteiger charge is 2.13. The Kier molecular flexibility index (Phi) is 13.2. The predicted molar refractivity (Wildman–Crippen MR) is 128 cm³/mol. The maximum absolute atomic E-state index is 12.0. The minimum absolute atomic E-state index is 0.0266. The SMILES string of the molecule is CCCCCCCC/C=C/CCCCCCCc1cc(=O)[nH]c(N2CCNCC2)n1. The fourth-order valence-corrected chi connectivity index (χ4v) is 4.03. The topological polar surface area (TPSA) is 61.0 Å². The molecule has 0 atom stereocenters. The van der Waals surface area contributed by atoms with E-state index >= 15 is 0 Å². The van der Waals surface area contributed by atoms with Crippen LogP contribution in [0.1, 0.15) is 96.1 Å². The van der Waals surface area contributed by atoms with E-state index in [-0.39, 0.29) is 5.56 Å². The quantitative estimate of drug-likeness (QED) is 0.281. The van der Waals surface area contributed by atoms with Crippen molar-refractivity contribution in [3.8, 4) is 0 Å². The molecule has 0 bridgehead atoms. The Morgan fingerprint density at radius 3 is 2.17 bits per heavy atom. The third kappa shape index (κ3) is 11.0. The molecule has 1 aliphatic rings. The third-order valence-electron chi connectivity index (χ3n) is 5.89. The minimum atomic E-state index is -0.0266. The first-order chi connectivity index (χ1) is 14.8. The van der Waals surface area contributed by atoms with Gasteiger partial charge in [-0.2, -0.15) is 0 Å². The van der Waals surface area contributed by atoms with Gasteiger partial charge in [-0.3, -0.25) is 9.78 Å². The van der Waals surface area contributed by atoms with Crippen LogP contribution in [-0.4, -0.2) is 36.1 Å². The van der Waals surface area contributed by atoms with E-state index in [0.717, 1.165) is 50.7 Å². The van der Waals surface area contributed by atoms with Gasteiger partial charge in [-0.1, -0.05) is 70.4 Å². The second-order valence-electron chi connectivity index (χ2n) is 8.63. The second kappa shape index (κ2) is 16.1. The molecule has 2 N–H and O–H groups in total. The van der Waals surface area contributed by atoms with Gasteiger partial charge >= 0.3 is 0 Å². The van der Waals surface area contributed by atoms with Gasteiger partial charge in [-0.15, -0.1) is 0 Å². The van der Waals surface area contributed by atoms with Crippen molar-refractivity contribution in [2.75, 3.05) is 31.1 Å². The zero-order chi connectivity index (χ0) is 21.3. The number of aromatic nitrogens is 2. The summed E-state index contributed by atoms with van der Waals surface area (Å²) in [7, 11) is 0. The Balaban J connectivity index is 1.48. The van der Waals surface area contributed by atoms with E-state index in [2.05, 4.69) is 34.3 Å². The zero-order valence-electron chi connectivity index (χ0n) is 19.3. The summed E-state index contributed by atoms with van der Waals surface area (Å²) in [6.45, 7) is 5.97. The molecular weight excluding hydrogens is 372 g/mol. The van der Waals surface area contributed by atoms with Crippen molar-refractivity contribution >= 4 is 5.95 Å². The molecule has 0 aliphatic carbocycles. The lowest BCUT2D eigenvalue weighted by Crippen LogP contribution is -2.44. The van der Waals surface area contributed by atoms with E-state index in [9.17, 15) is 4.79 Å². The normalized spacial score (nSPS) is 14.6. The van der Waals surface area contributed by atoms with E-state index in [4.69, 9.17) is 4.98 Å². The number of aryl methyl sites for hydroxylation is 1. The summed E-state index contributed by atoms with van der Waals surface area (Å²) >= 11 is 0. The van der Waals surface area contributed by atoms with Gasteiger partial charge in [0, 0.05) is 37.9 Å². The van der Waals surface area contributed by atoms with Crippen LogP contribution in [0.4, 0.5) is 5.95 Å². The molecular formula is C25H44N4O. The number of rotatable bonds is 16. The lowest BCUT2D eigenvalue weighted by Gasteiger charge is -2.27. The summed E-state index contributed by atoms with van der Waals surface area (Å²) in [4.78, 5) is 21.7. The highest BCUT2D eigenvalue weighted by molar-refractivity contribution is 5.31. The van der Waals surface area contributed by atoms with Crippen LogP contribution in [0.5, 0.6) is 0 Å². The molecule has 170 valence electrons. The molecule has 1 aromatic heterocycles. The van der Waals surface area contributed by atoms with Crippen molar-refractivity contribution in [2.24, 2.45) is 0 Å². The minimum Gasteiger partial charge on any atom is -0.340 e. The largest absolute Gasteiger partial charge is 0.340 e. The average Bonchev–Trinajstić information content (AvgIpc) is 2.76. The van der Waals surface area contributed by atoms with Crippen LogP contribution in [0, 0.1) is 0 Å². The predicted octanol–water partition coefficient (Wildman–Crippen LogP) is 5.37. The van der Waals surface area contributed by atoms with Crippen molar-refractivity contribution < 1.29 is 0 Å². The van der Waals surface area contributed by atoms with Crippen molar-refractivity contribution in [1.29, 1.82) is 0 Å². The number of hydrogen-bond donors (Lipinski definition) is 2. The molecule has 30 heavy (non-hydrogen) atoms. The van der Waals surface area contributed by atoms with Crippen LogP contribution in [0.15, 0.2) is 23.0 Å². The van der Waals surface area contributed by atoms with Crippen LogP contribution in [-0.2, 0) is 6.42 Å². The van der Waals surface area contributed by atoms with Crippen molar-refractivity contribution in [3.63, 3.8) is 0 Å². The number of H-pyrrole nitrogens is 1. The van der Waals surface area contributed by atoms with Gasteiger partial charge in [0.15, 0.2) is 0 Å². The summed E-state index contributed by atoms with van der Waals surface area (Å²) in [5.41, 5.74) is 0.909. The highest BCUT2D eigenvalue weighted by Crippen LogP contribution is 2.12. The summed E-state index contributed by atoms with van der Waals surface area (Å²) in [6, 6.07) is 1.67. The summed E-state index contributed by atoms with van der Waals surface area (Å²) in [6.07, 6.45) is 22.7. The van der Waals surface area contributed by atoms with Gasteiger partial charge in [0.1, 0.15) is 0 Å². The average molecular weight is 417 g/mol. The van der Waals surface area contributed by atoms with Crippen molar-refractivity contribution in [3.05, 3.63) is 34.3 Å². The van der Waals surface area contributed by atoms with Crippen LogP contribution in [0.25, 0.3) is 0 Å². The van der Waals surface area contributed by atoms with Gasteiger partial charge in [0.25, 0.3) is 5.56 Å². The summed E-state index contributed by atoms with van der Waals surface area (Å²) in [5, 5.41) is 3.33. The maximum Gasteiger partial charge on any atom is 0.252 e. The zero-order valence-corrected chi connectivity index (χ0v) is 19.3. The molecule has 1 aromatic rings. The maximum atomic E-state index is 12.0. The molecule has 2 rings (SSSR count). The fourth-order valence-electron chi connectivity index (χ4n) is 4.03. The molecule has 0 amide bonds. The van der Waals surface area contributed by atoms with Crippen LogP contribution >= 0.6 is 0 Å². The Bertz CT molecular complexity index is 634. The number of nitrogens with one attached hydrogen (secondary N) is 2. The van der Waals surface area contributed by atoms with E-state index in [1.54, 1.807) is 6.07 Å². The number of anilines is 1. The first-order valence-corrected chi connectivity index (χ1v) is 12.5. The van der Waals surface area contributed by atoms with E-state index < -0.39 is 0 Å². The summed E-state index contributed by atoms with van der Waals surface area (Å²) in [5.74, 6) is 0.742. The molecule has 0 aromatic carbocycles. The molecule has 0 spiro atoms. The molecule has 5 nitrogen and oxygen atoms in total. The van der Waals surface area contributed by atoms with Crippen LogP contribution in [0.2, 0.25) is 0 Å². The van der Waals surface area contributed by atoms with E-state index in [1.165, 1.54) is 77.0 Å². The van der Waals surface area contributed by atoms with Gasteiger partial charge in [-0.05, 0) is 38.5 Å². The number of aromatic amines is 1. The number of hydrogen-bond acceptors (Lipinski definition) is 4. The van der Waals surface area contributed by atoms with Gasteiger partial charge in [0.05, 0.1) is 0 Å². The fraction of sp³-hybridized carbons (Fsp3) is 0.760. The van der Waals surface area contributed by atoms with Crippen LogP contribution in [0.3, 0.4) is 0 Å². The molecule has 1 saturated heterocycles. The standard InChI is InChI=1S/C25H44N4O/c1-2-3-4-5-6-7-8-9-10-11-12-13-14-15-16-17-23-22-24(30)28-25(27-23)29-20-18-26-19-21-29/h9-10,22,26H,2-8,11-21H2,1H3,(H,27,28,30)/b10-9+. The van der Waals surface area contributed by atoms with Crippen molar-refractivity contribution in [2.45, 2.75) is 96.8 Å². The Labute approximate surface area is 183 Å². The number of unbranched alkanes of at least 4 members (excludes halogenated alkanes) is 11. The second-order valence-corrected chi connectivity index (χ2v) is 8.63. The Morgan fingerprint density at radius 2 is 1.50 bits per heavy atom. The van der Waals surface area contributed by atoms with Gasteiger partial charge in [0.2, 0.25) is 5.95 Å². The van der Waals surface area contributed by atoms with Gasteiger partial charge in [-0.25, -0.2) is 4.98 Å². The lowest BCUT2D eigenvalue weighted by molar-refractivity contribution is 0.576. The lowest BCUT2D eigenvalue weighted by atomic mass is 10.1. The smallest absolute Gasteiger partial charge is 0.252 e. The first kappa shape index (κ1) is 24.6. The summed E-state index contributed by atoms with van der Waals surface area (Å²) < 4.78 is 0. The van der Waals surface area contributed by atoms with Crippen molar-refractivity contribution in [1.82, 2.24) is 15.3 Å². The third-order valence-corrected chi connectivity index (χ3v) is 5.89. The first-order valence-electron chi connectivity index (χ1n) is 12.5. The van der Waals surface area contributed by atoms with Crippen LogP contribution < -0.4 is 15.8 Å². The Hall–Kier alpha value is -1.62. The number of allylic oxidation sites excluding steroid dienone is 2. The monoisotopic (exact) mass is 416 g/mol. The Morgan fingerprint density at radius 1 is 0.900 bits per heavy atom. The molecule has 1 fully saturated rings.